The molecule has 4 unspecified atom stereocenters. The molecular weight excluding hydrogens is 228 g/mol. The van der Waals surface area contributed by atoms with Gasteiger partial charge in [-0.1, -0.05) is 0 Å². The number of rotatable bonds is 5. The summed E-state index contributed by atoms with van der Waals surface area (Å²) in [4.78, 5) is 0. The molecule has 4 atom stereocenters. The first-order valence-corrected chi connectivity index (χ1v) is 6.73. The van der Waals surface area contributed by atoms with Crippen LogP contribution in [0.1, 0.15) is 32.6 Å². The Labute approximate surface area is 102 Å². The largest absolute Gasteiger partial charge is 0.376 e. The summed E-state index contributed by atoms with van der Waals surface area (Å²) in [6, 6.07) is 0. The first-order chi connectivity index (χ1) is 7.81. The third-order valence-electron chi connectivity index (χ3n) is 3.31. The lowest BCUT2D eigenvalue weighted by Crippen LogP contribution is -2.51. The molecule has 1 aliphatic carbocycles. The lowest BCUT2D eigenvalue weighted by atomic mass is 9.91. The van der Waals surface area contributed by atoms with Crippen LogP contribution in [0.25, 0.3) is 0 Å². The Kier molecular flexibility index (Phi) is 4.89. The summed E-state index contributed by atoms with van der Waals surface area (Å²) >= 11 is 6.07. The van der Waals surface area contributed by atoms with Gasteiger partial charge in [-0.15, -0.1) is 11.6 Å². The van der Waals surface area contributed by atoms with Crippen LogP contribution < -0.4 is 0 Å². The Hall–Kier alpha value is 0.170. The quantitative estimate of drug-likeness (QED) is 0.699. The molecule has 4 heteroatoms. The SMILES string of the molecule is CCOC1C(Cl)CC1OCC1CCCCO1. The maximum Gasteiger partial charge on any atom is 0.100 e. The predicted octanol–water partition coefficient (Wildman–Crippen LogP) is 2.36. The molecule has 1 saturated carbocycles. The lowest BCUT2D eigenvalue weighted by molar-refractivity contribution is -0.145. The average Bonchev–Trinajstić information content (AvgIpc) is 2.32. The summed E-state index contributed by atoms with van der Waals surface area (Å²) in [5.74, 6) is 0. The van der Waals surface area contributed by atoms with Crippen LogP contribution in [0.15, 0.2) is 0 Å². The molecular formula is C12H21ClO3. The molecule has 1 aliphatic heterocycles. The molecule has 0 aromatic heterocycles. The van der Waals surface area contributed by atoms with Crippen molar-refractivity contribution in [3.8, 4) is 0 Å². The normalized spacial score (nSPS) is 39.4. The minimum Gasteiger partial charge on any atom is -0.376 e. The Balaban J connectivity index is 1.65. The molecule has 1 saturated heterocycles. The van der Waals surface area contributed by atoms with Gasteiger partial charge in [-0.3, -0.25) is 0 Å². The van der Waals surface area contributed by atoms with Gasteiger partial charge in [0.2, 0.25) is 0 Å². The van der Waals surface area contributed by atoms with Crippen LogP contribution in [0.4, 0.5) is 0 Å². The fraction of sp³-hybridized carbons (Fsp3) is 1.00. The second kappa shape index (κ2) is 6.20. The van der Waals surface area contributed by atoms with E-state index in [0.29, 0.717) is 13.2 Å². The van der Waals surface area contributed by atoms with Crippen LogP contribution in [0.3, 0.4) is 0 Å². The Bertz CT molecular complexity index is 206. The van der Waals surface area contributed by atoms with E-state index in [2.05, 4.69) is 0 Å². The first kappa shape index (κ1) is 12.6. The smallest absolute Gasteiger partial charge is 0.100 e. The topological polar surface area (TPSA) is 27.7 Å². The fourth-order valence-electron chi connectivity index (χ4n) is 2.26. The van der Waals surface area contributed by atoms with Crippen molar-refractivity contribution in [3.63, 3.8) is 0 Å². The molecule has 0 N–H and O–H groups in total. The molecule has 2 fully saturated rings. The van der Waals surface area contributed by atoms with Gasteiger partial charge in [-0.05, 0) is 32.6 Å². The standard InChI is InChI=1S/C12H21ClO3/c1-2-14-12-10(13)7-11(12)16-8-9-5-3-4-6-15-9/h9-12H,2-8H2,1H3. The fourth-order valence-corrected chi connectivity index (χ4v) is 2.67. The Morgan fingerprint density at radius 3 is 2.81 bits per heavy atom. The van der Waals surface area contributed by atoms with Crippen LogP contribution in [-0.2, 0) is 14.2 Å². The van der Waals surface area contributed by atoms with E-state index in [1.54, 1.807) is 0 Å². The minimum absolute atomic E-state index is 0.0789. The van der Waals surface area contributed by atoms with Crippen LogP contribution in [-0.4, -0.2) is 43.5 Å². The highest BCUT2D eigenvalue weighted by Gasteiger charge is 2.41. The number of hydrogen-bond donors (Lipinski definition) is 0. The number of halogens is 1. The van der Waals surface area contributed by atoms with E-state index in [0.717, 1.165) is 19.4 Å². The van der Waals surface area contributed by atoms with E-state index in [1.165, 1.54) is 12.8 Å². The summed E-state index contributed by atoms with van der Waals surface area (Å²) in [6.45, 7) is 4.26. The molecule has 0 aromatic rings. The van der Waals surface area contributed by atoms with Gasteiger partial charge in [0.25, 0.3) is 0 Å². The zero-order valence-electron chi connectivity index (χ0n) is 9.86. The lowest BCUT2D eigenvalue weighted by Gasteiger charge is -2.41. The zero-order valence-corrected chi connectivity index (χ0v) is 10.6. The van der Waals surface area contributed by atoms with Crippen LogP contribution in [0.2, 0.25) is 0 Å². The van der Waals surface area contributed by atoms with Crippen molar-refractivity contribution in [1.82, 2.24) is 0 Å². The summed E-state index contributed by atoms with van der Waals surface area (Å²) < 4.78 is 17.0. The summed E-state index contributed by atoms with van der Waals surface area (Å²) in [7, 11) is 0. The van der Waals surface area contributed by atoms with Crippen molar-refractivity contribution in [2.45, 2.75) is 56.3 Å². The van der Waals surface area contributed by atoms with Crippen LogP contribution >= 0.6 is 11.6 Å². The van der Waals surface area contributed by atoms with Crippen molar-refractivity contribution in [1.29, 1.82) is 0 Å². The molecule has 0 radical (unpaired) electrons. The zero-order chi connectivity index (χ0) is 11.4. The van der Waals surface area contributed by atoms with Crippen LogP contribution in [0.5, 0.6) is 0 Å². The van der Waals surface area contributed by atoms with Gasteiger partial charge in [-0.25, -0.2) is 0 Å². The number of ether oxygens (including phenoxy) is 3. The average molecular weight is 249 g/mol. The van der Waals surface area contributed by atoms with Crippen molar-refractivity contribution in [2.24, 2.45) is 0 Å². The van der Waals surface area contributed by atoms with E-state index >= 15 is 0 Å². The third kappa shape index (κ3) is 3.10. The molecule has 0 amide bonds. The summed E-state index contributed by atoms with van der Waals surface area (Å²) in [5, 5.41) is 0.122. The van der Waals surface area contributed by atoms with E-state index < -0.39 is 0 Å². The second-order valence-corrected chi connectivity index (χ2v) is 5.09. The molecule has 0 spiro atoms. The van der Waals surface area contributed by atoms with Crippen molar-refractivity contribution >= 4 is 11.6 Å². The van der Waals surface area contributed by atoms with Gasteiger partial charge < -0.3 is 14.2 Å². The van der Waals surface area contributed by atoms with Gasteiger partial charge in [0.05, 0.1) is 24.2 Å². The molecule has 0 bridgehead atoms. The summed E-state index contributed by atoms with van der Waals surface area (Å²) in [6.07, 6.45) is 5.00. The van der Waals surface area contributed by atoms with Gasteiger partial charge in [0.1, 0.15) is 6.10 Å². The minimum atomic E-state index is 0.0789. The number of alkyl halides is 1. The highest BCUT2D eigenvalue weighted by molar-refractivity contribution is 6.21. The van der Waals surface area contributed by atoms with E-state index in [1.807, 2.05) is 6.92 Å². The molecule has 3 nitrogen and oxygen atoms in total. The molecule has 2 rings (SSSR count). The van der Waals surface area contributed by atoms with E-state index in [-0.39, 0.29) is 23.7 Å². The van der Waals surface area contributed by atoms with Crippen molar-refractivity contribution < 1.29 is 14.2 Å². The number of hydrogen-bond acceptors (Lipinski definition) is 3. The third-order valence-corrected chi connectivity index (χ3v) is 3.74. The second-order valence-electron chi connectivity index (χ2n) is 4.53. The van der Waals surface area contributed by atoms with Crippen molar-refractivity contribution in [3.05, 3.63) is 0 Å². The monoisotopic (exact) mass is 248 g/mol. The Morgan fingerprint density at radius 1 is 1.31 bits per heavy atom. The highest BCUT2D eigenvalue weighted by atomic mass is 35.5. The summed E-state index contributed by atoms with van der Waals surface area (Å²) in [5.41, 5.74) is 0. The highest BCUT2D eigenvalue weighted by Crippen LogP contribution is 2.32. The van der Waals surface area contributed by atoms with E-state index in [4.69, 9.17) is 25.8 Å². The van der Waals surface area contributed by atoms with Gasteiger partial charge >= 0.3 is 0 Å². The maximum atomic E-state index is 6.07. The van der Waals surface area contributed by atoms with Gasteiger partial charge in [-0.2, -0.15) is 0 Å². The molecule has 1 heterocycles. The molecule has 0 aromatic carbocycles. The predicted molar refractivity (Wildman–Crippen MR) is 63.0 cm³/mol. The van der Waals surface area contributed by atoms with Crippen LogP contribution in [0, 0.1) is 0 Å². The molecule has 2 aliphatic rings. The van der Waals surface area contributed by atoms with Crippen molar-refractivity contribution in [2.75, 3.05) is 19.8 Å². The van der Waals surface area contributed by atoms with E-state index in [9.17, 15) is 0 Å². The van der Waals surface area contributed by atoms with Gasteiger partial charge in [0.15, 0.2) is 0 Å². The first-order valence-electron chi connectivity index (χ1n) is 6.30. The Morgan fingerprint density at radius 2 is 2.19 bits per heavy atom. The molecule has 94 valence electrons. The molecule has 16 heavy (non-hydrogen) atoms. The van der Waals surface area contributed by atoms with Gasteiger partial charge in [0, 0.05) is 13.2 Å². The maximum absolute atomic E-state index is 6.07.